The molecule has 0 bridgehead atoms. The Balaban J connectivity index is 1.85. The van der Waals surface area contributed by atoms with E-state index in [1.807, 2.05) is 10.6 Å². The van der Waals surface area contributed by atoms with E-state index in [1.54, 1.807) is 21.3 Å². The van der Waals surface area contributed by atoms with Crippen molar-refractivity contribution in [3.63, 3.8) is 0 Å². The molecule has 2 aromatic rings. The van der Waals surface area contributed by atoms with Crippen LogP contribution in [0.3, 0.4) is 0 Å². The highest BCUT2D eigenvalue weighted by atomic mass is 16.5. The van der Waals surface area contributed by atoms with Gasteiger partial charge in [0.1, 0.15) is 23.5 Å². The third-order valence-electron chi connectivity index (χ3n) is 6.71. The summed E-state index contributed by atoms with van der Waals surface area (Å²) in [6, 6.07) is 5.56. The molecular weight excluding hydrogens is 412 g/mol. The highest BCUT2D eigenvalue weighted by Gasteiger charge is 2.36. The molecular formula is C24H30N2O6. The van der Waals surface area contributed by atoms with Crippen molar-refractivity contribution in [1.82, 2.24) is 4.57 Å². The number of carboxylic acid groups (broad SMARTS) is 1. The van der Waals surface area contributed by atoms with Crippen LogP contribution in [0.4, 0.5) is 5.69 Å². The van der Waals surface area contributed by atoms with Gasteiger partial charge in [-0.05, 0) is 30.0 Å². The quantitative estimate of drug-likeness (QED) is 0.736. The second kappa shape index (κ2) is 8.60. The Labute approximate surface area is 187 Å². The SMILES string of the molecule is COc1cc2c(cc1N1CC(OC)C(OC)C1)CC(C(C)C)n1cc(C(=O)O)c(=O)cc1-2. The number of rotatable bonds is 6. The topological polar surface area (TPSA) is 90.2 Å². The van der Waals surface area contributed by atoms with E-state index in [1.165, 1.54) is 12.3 Å². The second-order valence-electron chi connectivity index (χ2n) is 8.80. The number of ether oxygens (including phenoxy) is 3. The number of pyridine rings is 1. The van der Waals surface area contributed by atoms with Gasteiger partial charge in [-0.1, -0.05) is 13.8 Å². The predicted octanol–water partition coefficient (Wildman–Crippen LogP) is 2.83. The number of aromatic carboxylic acids is 1. The van der Waals surface area contributed by atoms with Crippen molar-refractivity contribution >= 4 is 11.7 Å². The summed E-state index contributed by atoms with van der Waals surface area (Å²) >= 11 is 0. The molecule has 0 radical (unpaired) electrons. The fourth-order valence-corrected chi connectivity index (χ4v) is 4.90. The Hall–Kier alpha value is -2.84. The summed E-state index contributed by atoms with van der Waals surface area (Å²) in [4.78, 5) is 26.3. The van der Waals surface area contributed by atoms with E-state index in [9.17, 15) is 14.7 Å². The maximum atomic E-state index is 12.5. The molecule has 8 heteroatoms. The molecule has 0 amide bonds. The van der Waals surface area contributed by atoms with Crippen LogP contribution in [-0.4, -0.2) is 62.3 Å². The lowest BCUT2D eigenvalue weighted by Crippen LogP contribution is -2.29. The van der Waals surface area contributed by atoms with Crippen LogP contribution in [0.2, 0.25) is 0 Å². The first-order chi connectivity index (χ1) is 15.3. The minimum absolute atomic E-state index is 0.0297. The molecule has 172 valence electrons. The first kappa shape index (κ1) is 22.4. The van der Waals surface area contributed by atoms with Gasteiger partial charge in [-0.3, -0.25) is 4.79 Å². The first-order valence-electron chi connectivity index (χ1n) is 10.8. The average Bonchev–Trinajstić information content (AvgIpc) is 3.20. The Bertz CT molecular complexity index is 1080. The summed E-state index contributed by atoms with van der Waals surface area (Å²) in [7, 11) is 5.01. The summed E-state index contributed by atoms with van der Waals surface area (Å²) in [6.45, 7) is 5.59. The van der Waals surface area contributed by atoms with Gasteiger partial charge in [0.05, 0.1) is 18.5 Å². The van der Waals surface area contributed by atoms with Crippen LogP contribution >= 0.6 is 0 Å². The summed E-state index contributed by atoms with van der Waals surface area (Å²) in [5.74, 6) is -0.264. The number of carbonyl (C=O) groups is 1. The molecule has 8 nitrogen and oxygen atoms in total. The largest absolute Gasteiger partial charge is 0.495 e. The fourth-order valence-electron chi connectivity index (χ4n) is 4.90. The van der Waals surface area contributed by atoms with Gasteiger partial charge in [0, 0.05) is 51.2 Å². The number of anilines is 1. The third-order valence-corrected chi connectivity index (χ3v) is 6.71. The van der Waals surface area contributed by atoms with E-state index in [2.05, 4.69) is 24.8 Å². The van der Waals surface area contributed by atoms with Crippen molar-refractivity contribution in [1.29, 1.82) is 0 Å². The van der Waals surface area contributed by atoms with E-state index in [0.717, 1.165) is 28.9 Å². The van der Waals surface area contributed by atoms with E-state index in [-0.39, 0.29) is 29.7 Å². The Morgan fingerprint density at radius 1 is 1.09 bits per heavy atom. The number of hydrogen-bond donors (Lipinski definition) is 1. The van der Waals surface area contributed by atoms with Gasteiger partial charge in [-0.2, -0.15) is 0 Å². The molecule has 0 saturated carbocycles. The van der Waals surface area contributed by atoms with Crippen molar-refractivity contribution in [3.05, 3.63) is 45.7 Å². The highest BCUT2D eigenvalue weighted by Crippen LogP contribution is 2.43. The van der Waals surface area contributed by atoms with Crippen molar-refractivity contribution in [2.24, 2.45) is 5.92 Å². The van der Waals surface area contributed by atoms with Crippen molar-refractivity contribution in [3.8, 4) is 17.0 Å². The van der Waals surface area contributed by atoms with Gasteiger partial charge < -0.3 is 28.8 Å². The van der Waals surface area contributed by atoms with Crippen molar-refractivity contribution in [2.75, 3.05) is 39.3 Å². The highest BCUT2D eigenvalue weighted by molar-refractivity contribution is 5.88. The molecule has 0 spiro atoms. The number of benzene rings is 1. The molecule has 1 aromatic heterocycles. The van der Waals surface area contributed by atoms with E-state index >= 15 is 0 Å². The molecule has 1 saturated heterocycles. The molecule has 1 fully saturated rings. The van der Waals surface area contributed by atoms with Crippen LogP contribution in [0.15, 0.2) is 29.2 Å². The standard InChI is InChI=1S/C24H30N2O6/c1-13(2)17-6-14-7-19(25-11-22(31-4)23(12-25)32-5)21(30-3)8-15(14)18-9-20(27)16(24(28)29)10-26(17)18/h7-10,13,17,22-23H,6,11-12H2,1-5H3,(H,28,29). The van der Waals surface area contributed by atoms with E-state index in [4.69, 9.17) is 14.2 Å². The van der Waals surface area contributed by atoms with Gasteiger partial charge in [0.2, 0.25) is 0 Å². The lowest BCUT2D eigenvalue weighted by molar-refractivity contribution is -0.00461. The third kappa shape index (κ3) is 3.67. The Kier molecular flexibility index (Phi) is 6.01. The van der Waals surface area contributed by atoms with Crippen molar-refractivity contribution < 1.29 is 24.1 Å². The molecule has 2 aliphatic rings. The molecule has 1 N–H and O–H groups in total. The molecule has 4 rings (SSSR count). The van der Waals surface area contributed by atoms with Gasteiger partial charge >= 0.3 is 5.97 Å². The van der Waals surface area contributed by atoms with Crippen LogP contribution < -0.4 is 15.1 Å². The molecule has 0 aliphatic carbocycles. The second-order valence-corrected chi connectivity index (χ2v) is 8.80. The number of fused-ring (bicyclic) bond motifs is 3. The average molecular weight is 443 g/mol. The molecule has 3 heterocycles. The van der Waals surface area contributed by atoms with E-state index < -0.39 is 11.4 Å². The molecule has 2 aliphatic heterocycles. The van der Waals surface area contributed by atoms with Crippen LogP contribution in [0, 0.1) is 5.92 Å². The Morgan fingerprint density at radius 2 is 1.75 bits per heavy atom. The number of nitrogens with zero attached hydrogens (tertiary/aromatic N) is 2. The van der Waals surface area contributed by atoms with Crippen LogP contribution in [-0.2, 0) is 15.9 Å². The number of aromatic nitrogens is 1. The smallest absolute Gasteiger partial charge is 0.341 e. The predicted molar refractivity (Wildman–Crippen MR) is 121 cm³/mol. The van der Waals surface area contributed by atoms with Gasteiger partial charge in [0.25, 0.3) is 0 Å². The lowest BCUT2D eigenvalue weighted by atomic mass is 9.86. The molecule has 3 atom stereocenters. The van der Waals surface area contributed by atoms with Gasteiger partial charge in [-0.25, -0.2) is 4.79 Å². The normalized spacial score (nSPS) is 22.1. The monoisotopic (exact) mass is 442 g/mol. The minimum Gasteiger partial charge on any atom is -0.495 e. The summed E-state index contributed by atoms with van der Waals surface area (Å²) in [5.41, 5.74) is 2.98. The Morgan fingerprint density at radius 3 is 2.28 bits per heavy atom. The number of carboxylic acids is 1. The lowest BCUT2D eigenvalue weighted by Gasteiger charge is -2.34. The minimum atomic E-state index is -1.21. The summed E-state index contributed by atoms with van der Waals surface area (Å²) in [6.07, 6.45) is 2.16. The zero-order valence-electron chi connectivity index (χ0n) is 19.1. The maximum absolute atomic E-state index is 12.5. The molecule has 1 aromatic carbocycles. The first-order valence-corrected chi connectivity index (χ1v) is 10.8. The molecule has 3 unspecified atom stereocenters. The van der Waals surface area contributed by atoms with Crippen LogP contribution in [0.5, 0.6) is 5.75 Å². The van der Waals surface area contributed by atoms with E-state index in [0.29, 0.717) is 18.8 Å². The van der Waals surface area contributed by atoms with Crippen LogP contribution in [0.25, 0.3) is 11.3 Å². The fraction of sp³-hybridized carbons (Fsp3) is 0.500. The zero-order chi connectivity index (χ0) is 23.2. The number of methoxy groups -OCH3 is 3. The summed E-state index contributed by atoms with van der Waals surface area (Å²) < 4.78 is 18.9. The zero-order valence-corrected chi connectivity index (χ0v) is 19.1. The van der Waals surface area contributed by atoms with Gasteiger partial charge in [0.15, 0.2) is 5.43 Å². The van der Waals surface area contributed by atoms with Crippen molar-refractivity contribution in [2.45, 2.75) is 38.5 Å². The molecule has 32 heavy (non-hydrogen) atoms. The van der Waals surface area contributed by atoms with Gasteiger partial charge in [-0.15, -0.1) is 0 Å². The number of hydrogen-bond acceptors (Lipinski definition) is 6. The van der Waals surface area contributed by atoms with Crippen LogP contribution in [0.1, 0.15) is 35.8 Å². The summed E-state index contributed by atoms with van der Waals surface area (Å²) in [5, 5.41) is 9.45. The maximum Gasteiger partial charge on any atom is 0.341 e.